The lowest BCUT2D eigenvalue weighted by Crippen LogP contribution is -2.43. The minimum atomic E-state index is -0.308. The molecule has 0 atom stereocenters. The van der Waals surface area contributed by atoms with Crippen molar-refractivity contribution >= 4 is 11.8 Å². The Labute approximate surface area is 104 Å². The summed E-state index contributed by atoms with van der Waals surface area (Å²) in [5.74, 6) is -0.529. The molecular weight excluding hydrogens is 236 g/mol. The minimum Gasteiger partial charge on any atom is -0.358 e. The molecule has 0 saturated carbocycles. The number of hydrogen-bond donors (Lipinski definition) is 2. The van der Waals surface area contributed by atoms with Crippen LogP contribution in [0, 0.1) is 0 Å². The Balaban J connectivity index is 1.99. The first kappa shape index (κ1) is 12.5. The summed E-state index contributed by atoms with van der Waals surface area (Å²) in [5.41, 5.74) is 0.258. The van der Waals surface area contributed by atoms with E-state index in [-0.39, 0.29) is 30.1 Å². The SMILES string of the molecule is CNC(=O)CN(C)C(=O)c1cn(C2CNC2)nn1. The van der Waals surface area contributed by atoms with Gasteiger partial charge in [-0.05, 0) is 0 Å². The van der Waals surface area contributed by atoms with Crippen molar-refractivity contribution in [3.63, 3.8) is 0 Å². The molecule has 0 aromatic carbocycles. The zero-order chi connectivity index (χ0) is 13.1. The van der Waals surface area contributed by atoms with E-state index in [1.807, 2.05) is 0 Å². The van der Waals surface area contributed by atoms with Crippen LogP contribution in [0.15, 0.2) is 6.20 Å². The summed E-state index contributed by atoms with van der Waals surface area (Å²) < 4.78 is 1.68. The van der Waals surface area contributed by atoms with Crippen LogP contribution >= 0.6 is 0 Å². The van der Waals surface area contributed by atoms with Crippen LogP contribution in [0.25, 0.3) is 0 Å². The van der Waals surface area contributed by atoms with Crippen molar-refractivity contribution in [1.29, 1.82) is 0 Å². The molecule has 0 aliphatic carbocycles. The second-order valence-corrected chi connectivity index (χ2v) is 4.23. The first-order valence-electron chi connectivity index (χ1n) is 5.70. The molecule has 0 unspecified atom stereocenters. The molecule has 8 nitrogen and oxygen atoms in total. The molecule has 8 heteroatoms. The number of carbonyl (C=O) groups excluding carboxylic acids is 2. The molecule has 1 aliphatic rings. The van der Waals surface area contributed by atoms with Crippen LogP contribution in [0.2, 0.25) is 0 Å². The average Bonchev–Trinajstić information content (AvgIpc) is 2.74. The van der Waals surface area contributed by atoms with Crippen molar-refractivity contribution in [2.24, 2.45) is 0 Å². The summed E-state index contributed by atoms with van der Waals surface area (Å²) in [7, 11) is 3.09. The number of nitrogens with one attached hydrogen (secondary N) is 2. The van der Waals surface area contributed by atoms with Crippen LogP contribution in [-0.4, -0.2) is 65.4 Å². The summed E-state index contributed by atoms with van der Waals surface area (Å²) in [6.45, 7) is 1.68. The van der Waals surface area contributed by atoms with Crippen molar-refractivity contribution in [1.82, 2.24) is 30.5 Å². The van der Waals surface area contributed by atoms with Crippen molar-refractivity contribution in [3.8, 4) is 0 Å². The summed E-state index contributed by atoms with van der Waals surface area (Å²) in [6, 6.07) is 0.267. The van der Waals surface area contributed by atoms with Crippen LogP contribution < -0.4 is 10.6 Å². The molecule has 1 fully saturated rings. The van der Waals surface area contributed by atoms with E-state index in [4.69, 9.17) is 0 Å². The van der Waals surface area contributed by atoms with Gasteiger partial charge in [-0.25, -0.2) is 4.68 Å². The molecule has 1 aliphatic heterocycles. The van der Waals surface area contributed by atoms with Gasteiger partial charge < -0.3 is 15.5 Å². The zero-order valence-corrected chi connectivity index (χ0v) is 10.4. The highest BCUT2D eigenvalue weighted by Gasteiger charge is 2.23. The Bertz CT molecular complexity index is 453. The maximum atomic E-state index is 12.0. The molecule has 2 amide bonds. The van der Waals surface area contributed by atoms with Gasteiger partial charge in [-0.15, -0.1) is 5.10 Å². The van der Waals surface area contributed by atoms with E-state index in [0.29, 0.717) is 0 Å². The van der Waals surface area contributed by atoms with Crippen LogP contribution in [0.1, 0.15) is 16.5 Å². The predicted octanol–water partition coefficient (Wildman–Crippen LogP) is -1.76. The maximum Gasteiger partial charge on any atom is 0.276 e. The van der Waals surface area contributed by atoms with Gasteiger partial charge in [0, 0.05) is 27.2 Å². The highest BCUT2D eigenvalue weighted by molar-refractivity contribution is 5.94. The lowest BCUT2D eigenvalue weighted by Gasteiger charge is -2.26. The highest BCUT2D eigenvalue weighted by atomic mass is 16.2. The number of amides is 2. The number of rotatable bonds is 4. The Kier molecular flexibility index (Phi) is 3.56. The van der Waals surface area contributed by atoms with Crippen LogP contribution in [0.4, 0.5) is 0 Å². The van der Waals surface area contributed by atoms with E-state index in [9.17, 15) is 9.59 Å². The largest absolute Gasteiger partial charge is 0.358 e. The summed E-state index contributed by atoms with van der Waals surface area (Å²) in [6.07, 6.45) is 1.62. The average molecular weight is 252 g/mol. The number of likely N-dealkylation sites (N-methyl/N-ethyl adjacent to an activating group) is 2. The molecule has 2 N–H and O–H groups in total. The van der Waals surface area contributed by atoms with E-state index in [0.717, 1.165) is 13.1 Å². The van der Waals surface area contributed by atoms with Gasteiger partial charge in [0.2, 0.25) is 5.91 Å². The van der Waals surface area contributed by atoms with Crippen LogP contribution in [0.5, 0.6) is 0 Å². The summed E-state index contributed by atoms with van der Waals surface area (Å²) >= 11 is 0. The Morgan fingerprint density at radius 1 is 1.61 bits per heavy atom. The maximum absolute atomic E-state index is 12.0. The van der Waals surface area contributed by atoms with E-state index < -0.39 is 0 Å². The summed E-state index contributed by atoms with van der Waals surface area (Å²) in [5, 5.41) is 13.3. The monoisotopic (exact) mass is 252 g/mol. The van der Waals surface area contributed by atoms with Crippen LogP contribution in [-0.2, 0) is 4.79 Å². The molecule has 1 saturated heterocycles. The second kappa shape index (κ2) is 5.13. The third-order valence-electron chi connectivity index (χ3n) is 2.87. The first-order chi connectivity index (χ1) is 8.61. The van der Waals surface area contributed by atoms with E-state index in [2.05, 4.69) is 20.9 Å². The standard InChI is InChI=1S/C10H16N6O2/c1-11-9(17)6-15(2)10(18)8-5-16(14-13-8)7-3-12-4-7/h5,7,12H,3-4,6H2,1-2H3,(H,11,17). The number of hydrogen-bond acceptors (Lipinski definition) is 5. The molecule has 98 valence electrons. The van der Waals surface area contributed by atoms with Gasteiger partial charge in [0.25, 0.3) is 5.91 Å². The normalized spacial score (nSPS) is 15.0. The number of carbonyl (C=O) groups is 2. The summed E-state index contributed by atoms with van der Waals surface area (Å²) in [4.78, 5) is 24.4. The fourth-order valence-electron chi connectivity index (χ4n) is 1.58. The quantitative estimate of drug-likeness (QED) is 0.662. The van der Waals surface area contributed by atoms with Gasteiger partial charge in [-0.2, -0.15) is 0 Å². The van der Waals surface area contributed by atoms with Gasteiger partial charge in [-0.3, -0.25) is 9.59 Å². The molecule has 1 aromatic rings. The topological polar surface area (TPSA) is 92.2 Å². The third-order valence-corrected chi connectivity index (χ3v) is 2.87. The third kappa shape index (κ3) is 2.48. The van der Waals surface area contributed by atoms with Crippen LogP contribution in [0.3, 0.4) is 0 Å². The number of nitrogens with zero attached hydrogens (tertiary/aromatic N) is 4. The van der Waals surface area contributed by atoms with E-state index >= 15 is 0 Å². The second-order valence-electron chi connectivity index (χ2n) is 4.23. The van der Waals surface area contributed by atoms with Crippen molar-refractivity contribution in [2.75, 3.05) is 33.7 Å². The Morgan fingerprint density at radius 2 is 2.33 bits per heavy atom. The van der Waals surface area contributed by atoms with Gasteiger partial charge in [0.15, 0.2) is 5.69 Å². The lowest BCUT2D eigenvalue weighted by molar-refractivity contribution is -0.121. The Morgan fingerprint density at radius 3 is 2.89 bits per heavy atom. The minimum absolute atomic E-state index is 0.00712. The van der Waals surface area contributed by atoms with Gasteiger partial charge in [0.1, 0.15) is 0 Å². The molecule has 1 aromatic heterocycles. The molecule has 18 heavy (non-hydrogen) atoms. The molecule has 0 radical (unpaired) electrons. The molecule has 0 bridgehead atoms. The fraction of sp³-hybridized carbons (Fsp3) is 0.600. The Hall–Kier alpha value is -1.96. The molecule has 2 heterocycles. The van der Waals surface area contributed by atoms with Gasteiger partial charge in [-0.1, -0.05) is 5.21 Å². The van der Waals surface area contributed by atoms with Gasteiger partial charge in [0.05, 0.1) is 18.8 Å². The molecule has 0 spiro atoms. The molecular formula is C10H16N6O2. The number of aromatic nitrogens is 3. The van der Waals surface area contributed by atoms with E-state index in [1.165, 1.54) is 11.9 Å². The highest BCUT2D eigenvalue weighted by Crippen LogP contribution is 2.10. The smallest absolute Gasteiger partial charge is 0.276 e. The van der Waals surface area contributed by atoms with E-state index in [1.54, 1.807) is 17.9 Å². The zero-order valence-electron chi connectivity index (χ0n) is 10.4. The lowest BCUT2D eigenvalue weighted by atomic mass is 10.2. The van der Waals surface area contributed by atoms with Gasteiger partial charge >= 0.3 is 0 Å². The van der Waals surface area contributed by atoms with Crippen molar-refractivity contribution < 1.29 is 9.59 Å². The molecule has 2 rings (SSSR count). The predicted molar refractivity (Wildman–Crippen MR) is 63.0 cm³/mol. The first-order valence-corrected chi connectivity index (χ1v) is 5.70. The fourth-order valence-corrected chi connectivity index (χ4v) is 1.58. The van der Waals surface area contributed by atoms with Crippen molar-refractivity contribution in [3.05, 3.63) is 11.9 Å². The van der Waals surface area contributed by atoms with Crippen molar-refractivity contribution in [2.45, 2.75) is 6.04 Å².